The van der Waals surface area contributed by atoms with Crippen LogP contribution in [-0.4, -0.2) is 12.2 Å². The summed E-state index contributed by atoms with van der Waals surface area (Å²) in [4.78, 5) is 2.56. The minimum atomic E-state index is 0.266. The summed E-state index contributed by atoms with van der Waals surface area (Å²) >= 11 is 1.83. The molecule has 0 amide bonds. The van der Waals surface area contributed by atoms with Crippen molar-refractivity contribution in [1.82, 2.24) is 0 Å². The van der Waals surface area contributed by atoms with Gasteiger partial charge in [-0.3, -0.25) is 0 Å². The molecule has 3 aromatic rings. The Kier molecular flexibility index (Phi) is 11.7. The van der Waals surface area contributed by atoms with E-state index in [1.165, 1.54) is 72.2 Å². The highest BCUT2D eigenvalue weighted by atomic mass is 32.1. The summed E-state index contributed by atoms with van der Waals surface area (Å²) < 4.78 is 12.2. The van der Waals surface area contributed by atoms with Gasteiger partial charge in [-0.1, -0.05) is 52.4 Å². The Balaban J connectivity index is 1.51. The van der Waals surface area contributed by atoms with Gasteiger partial charge in [0, 0.05) is 9.75 Å². The van der Waals surface area contributed by atoms with Crippen LogP contribution in [0.5, 0.6) is 11.5 Å². The lowest BCUT2D eigenvalue weighted by Crippen LogP contribution is -2.11. The smallest absolute Gasteiger partial charge is 0.119 e. The molecule has 3 heteroatoms. The average molecular weight is 493 g/mol. The highest BCUT2D eigenvalue weighted by Crippen LogP contribution is 2.36. The van der Waals surface area contributed by atoms with Crippen LogP contribution in [-0.2, 0) is 0 Å². The van der Waals surface area contributed by atoms with Crippen molar-refractivity contribution in [2.24, 2.45) is 0 Å². The first kappa shape index (κ1) is 27.3. The maximum atomic E-state index is 6.12. The second-order valence-electron chi connectivity index (χ2n) is 9.77. The van der Waals surface area contributed by atoms with Crippen LogP contribution in [0.25, 0.3) is 20.9 Å². The molecule has 0 saturated carbocycles. The predicted molar refractivity (Wildman–Crippen MR) is 153 cm³/mol. The predicted octanol–water partition coefficient (Wildman–Crippen LogP) is 10.6. The van der Waals surface area contributed by atoms with E-state index in [0.717, 1.165) is 24.3 Å². The monoisotopic (exact) mass is 492 g/mol. The Hall–Kier alpha value is -2.26. The fraction of sp³-hybridized carbons (Fsp3) is 0.500. The number of benzene rings is 2. The van der Waals surface area contributed by atoms with Gasteiger partial charge in [-0.25, -0.2) is 0 Å². The van der Waals surface area contributed by atoms with Crippen LogP contribution in [0.2, 0.25) is 0 Å². The fourth-order valence-electron chi connectivity index (χ4n) is 4.34. The van der Waals surface area contributed by atoms with Crippen molar-refractivity contribution >= 4 is 11.3 Å². The lowest BCUT2D eigenvalue weighted by Gasteiger charge is -2.15. The minimum absolute atomic E-state index is 0.266. The normalized spacial score (nSPS) is 12.9. The van der Waals surface area contributed by atoms with Gasteiger partial charge >= 0.3 is 0 Å². The van der Waals surface area contributed by atoms with Crippen molar-refractivity contribution < 1.29 is 9.47 Å². The van der Waals surface area contributed by atoms with Crippen LogP contribution in [0.1, 0.15) is 91.9 Å². The molecule has 1 aromatic heterocycles. The first-order chi connectivity index (χ1) is 17.1. The molecule has 0 spiro atoms. The van der Waals surface area contributed by atoms with E-state index in [9.17, 15) is 0 Å². The third-order valence-corrected chi connectivity index (χ3v) is 7.67. The molecule has 0 aliphatic carbocycles. The van der Waals surface area contributed by atoms with Gasteiger partial charge < -0.3 is 9.47 Å². The summed E-state index contributed by atoms with van der Waals surface area (Å²) in [5.41, 5.74) is 2.47. The summed E-state index contributed by atoms with van der Waals surface area (Å²) in [7, 11) is 0. The van der Waals surface area contributed by atoms with Crippen molar-refractivity contribution in [2.45, 2.75) is 104 Å². The molecule has 35 heavy (non-hydrogen) atoms. The zero-order chi connectivity index (χ0) is 24.9. The molecule has 2 aromatic carbocycles. The second-order valence-corrected chi connectivity index (χ2v) is 10.9. The van der Waals surface area contributed by atoms with Crippen molar-refractivity contribution in [3.63, 3.8) is 0 Å². The topological polar surface area (TPSA) is 18.5 Å². The standard InChI is InChI=1S/C32H44O2S/c1-5-7-9-11-13-25(3)33-29-19-15-27(16-20-29)31-23-24-32(35-31)28-17-21-30(22-18-28)34-26(4)14-12-10-8-6-2/h15-26H,5-14H2,1-4H3/t25-,26+. The Bertz CT molecular complexity index is 880. The van der Waals surface area contributed by atoms with Gasteiger partial charge in [-0.2, -0.15) is 0 Å². The average Bonchev–Trinajstić information content (AvgIpc) is 3.36. The van der Waals surface area contributed by atoms with Gasteiger partial charge in [-0.15, -0.1) is 11.3 Å². The quantitative estimate of drug-likeness (QED) is 0.185. The molecule has 0 aliphatic heterocycles. The molecule has 0 radical (unpaired) electrons. The third kappa shape index (κ3) is 9.37. The Morgan fingerprint density at radius 3 is 1.31 bits per heavy atom. The molecule has 190 valence electrons. The maximum absolute atomic E-state index is 6.12. The Labute approximate surface area is 217 Å². The van der Waals surface area contributed by atoms with Gasteiger partial charge in [0.15, 0.2) is 0 Å². The molecule has 0 unspecified atom stereocenters. The summed E-state index contributed by atoms with van der Waals surface area (Å²) in [5.74, 6) is 1.92. The van der Waals surface area contributed by atoms with E-state index in [-0.39, 0.29) is 12.2 Å². The Morgan fingerprint density at radius 1 is 0.543 bits per heavy atom. The first-order valence-electron chi connectivity index (χ1n) is 13.7. The van der Waals surface area contributed by atoms with Crippen molar-refractivity contribution in [1.29, 1.82) is 0 Å². The van der Waals surface area contributed by atoms with Crippen LogP contribution >= 0.6 is 11.3 Å². The summed E-state index contributed by atoms with van der Waals surface area (Å²) in [6, 6.07) is 21.5. The number of unbranched alkanes of at least 4 members (excludes halogenated alkanes) is 6. The van der Waals surface area contributed by atoms with E-state index in [1.54, 1.807) is 0 Å². The molecule has 3 rings (SSSR count). The molecule has 0 fully saturated rings. The van der Waals surface area contributed by atoms with Crippen molar-refractivity contribution in [3.05, 3.63) is 60.7 Å². The lowest BCUT2D eigenvalue weighted by atomic mass is 10.1. The van der Waals surface area contributed by atoms with Crippen LogP contribution in [0.3, 0.4) is 0 Å². The fourth-order valence-corrected chi connectivity index (χ4v) is 5.36. The van der Waals surface area contributed by atoms with Gasteiger partial charge in [0.25, 0.3) is 0 Å². The van der Waals surface area contributed by atoms with Crippen molar-refractivity contribution in [2.75, 3.05) is 0 Å². The zero-order valence-corrected chi connectivity index (χ0v) is 23.0. The van der Waals surface area contributed by atoms with E-state index in [2.05, 4.69) is 88.4 Å². The van der Waals surface area contributed by atoms with Gasteiger partial charge in [-0.05, 0) is 111 Å². The van der Waals surface area contributed by atoms with Gasteiger partial charge in [0.1, 0.15) is 11.5 Å². The van der Waals surface area contributed by atoms with Crippen LogP contribution in [0.15, 0.2) is 60.7 Å². The first-order valence-corrected chi connectivity index (χ1v) is 14.5. The number of rotatable bonds is 16. The SMILES string of the molecule is CCCCCC[C@@H](C)Oc1ccc(-c2ccc(-c3ccc(O[C@@H](C)CCCCCC)cc3)s2)cc1. The molecule has 1 heterocycles. The highest BCUT2D eigenvalue weighted by Gasteiger charge is 2.09. The summed E-state index contributed by atoms with van der Waals surface area (Å²) in [5, 5.41) is 0. The molecular weight excluding hydrogens is 448 g/mol. The minimum Gasteiger partial charge on any atom is -0.491 e. The van der Waals surface area contributed by atoms with Crippen LogP contribution in [0, 0.1) is 0 Å². The van der Waals surface area contributed by atoms with E-state index in [1.807, 2.05) is 11.3 Å². The van der Waals surface area contributed by atoms with E-state index < -0.39 is 0 Å². The van der Waals surface area contributed by atoms with Crippen LogP contribution < -0.4 is 9.47 Å². The Morgan fingerprint density at radius 2 is 0.943 bits per heavy atom. The summed E-state index contributed by atoms with van der Waals surface area (Å²) in [6.45, 7) is 8.86. The van der Waals surface area contributed by atoms with Crippen molar-refractivity contribution in [3.8, 4) is 32.4 Å². The molecule has 0 aliphatic rings. The molecule has 0 N–H and O–H groups in total. The largest absolute Gasteiger partial charge is 0.491 e. The van der Waals surface area contributed by atoms with E-state index in [0.29, 0.717) is 0 Å². The molecule has 0 bridgehead atoms. The molecular formula is C32H44O2S. The maximum Gasteiger partial charge on any atom is 0.119 e. The zero-order valence-electron chi connectivity index (χ0n) is 22.2. The highest BCUT2D eigenvalue weighted by molar-refractivity contribution is 7.18. The number of thiophene rings is 1. The number of hydrogen-bond donors (Lipinski definition) is 0. The molecule has 2 nitrogen and oxygen atoms in total. The third-order valence-electron chi connectivity index (χ3n) is 6.49. The van der Waals surface area contributed by atoms with E-state index >= 15 is 0 Å². The molecule has 0 saturated heterocycles. The molecule has 2 atom stereocenters. The number of ether oxygens (including phenoxy) is 2. The lowest BCUT2D eigenvalue weighted by molar-refractivity contribution is 0.206. The van der Waals surface area contributed by atoms with Gasteiger partial charge in [0.2, 0.25) is 0 Å². The summed E-state index contributed by atoms with van der Waals surface area (Å²) in [6.07, 6.45) is 13.1. The van der Waals surface area contributed by atoms with E-state index in [4.69, 9.17) is 9.47 Å². The van der Waals surface area contributed by atoms with Crippen LogP contribution in [0.4, 0.5) is 0 Å². The second kappa shape index (κ2) is 15.0. The van der Waals surface area contributed by atoms with Gasteiger partial charge in [0.05, 0.1) is 12.2 Å². The number of hydrogen-bond acceptors (Lipinski definition) is 3.